The first-order valence-electron chi connectivity index (χ1n) is 8.01. The van der Waals surface area contributed by atoms with Gasteiger partial charge in [-0.15, -0.1) is 0 Å². The molecule has 27 heavy (non-hydrogen) atoms. The molecule has 0 fully saturated rings. The number of aryl methyl sites for hydroxylation is 1. The molecule has 144 valence electrons. The fourth-order valence-electron chi connectivity index (χ4n) is 2.17. The van der Waals surface area contributed by atoms with Gasteiger partial charge in [-0.3, -0.25) is 4.79 Å². The van der Waals surface area contributed by atoms with Gasteiger partial charge in [-0.1, -0.05) is 23.8 Å². The van der Waals surface area contributed by atoms with Gasteiger partial charge in [0.25, 0.3) is 5.91 Å². The summed E-state index contributed by atoms with van der Waals surface area (Å²) in [4.78, 5) is 23.7. The molecule has 0 aliphatic rings. The van der Waals surface area contributed by atoms with Crippen molar-refractivity contribution in [3.63, 3.8) is 0 Å². The second-order valence-electron chi connectivity index (χ2n) is 5.58. The number of benzene rings is 2. The first kappa shape index (κ1) is 20.2. The van der Waals surface area contributed by atoms with Crippen molar-refractivity contribution >= 4 is 11.9 Å². The monoisotopic (exact) mass is 379 g/mol. The zero-order chi connectivity index (χ0) is 19.8. The third-order valence-corrected chi connectivity index (χ3v) is 3.56. The van der Waals surface area contributed by atoms with Crippen LogP contribution in [0, 0.1) is 6.92 Å². The van der Waals surface area contributed by atoms with E-state index in [1.54, 1.807) is 24.3 Å². The molecule has 0 aliphatic heterocycles. The van der Waals surface area contributed by atoms with Gasteiger partial charge in [0.15, 0.2) is 18.1 Å². The number of alkyl halides is 2. The molecule has 1 amide bonds. The van der Waals surface area contributed by atoms with Crippen molar-refractivity contribution in [3.05, 3.63) is 59.2 Å². The largest absolute Gasteiger partial charge is 0.493 e. The molecule has 6 nitrogen and oxygen atoms in total. The molecule has 2 aromatic carbocycles. The highest BCUT2D eigenvalue weighted by atomic mass is 19.3. The van der Waals surface area contributed by atoms with E-state index in [1.807, 2.05) is 6.92 Å². The standard InChI is InChI=1S/C19H19F2NO5/c1-12-3-6-14(7-4-12)18(24)26-11-17(23)22-10-13-5-8-15(27-19(20)21)16(9-13)25-2/h3-9,19H,10-11H2,1-2H3,(H,22,23). The van der Waals surface area contributed by atoms with E-state index < -0.39 is 25.1 Å². The van der Waals surface area contributed by atoms with Crippen molar-refractivity contribution in [1.29, 1.82) is 0 Å². The molecule has 0 saturated heterocycles. The molecular weight excluding hydrogens is 360 g/mol. The average molecular weight is 379 g/mol. The molecule has 0 heterocycles. The van der Waals surface area contributed by atoms with E-state index >= 15 is 0 Å². The minimum Gasteiger partial charge on any atom is -0.493 e. The van der Waals surface area contributed by atoms with Gasteiger partial charge in [-0.2, -0.15) is 8.78 Å². The van der Waals surface area contributed by atoms with Gasteiger partial charge in [0.05, 0.1) is 12.7 Å². The zero-order valence-corrected chi connectivity index (χ0v) is 14.8. The molecule has 2 rings (SSSR count). The number of carbonyl (C=O) groups excluding carboxylic acids is 2. The third kappa shape index (κ3) is 6.25. The first-order valence-corrected chi connectivity index (χ1v) is 8.01. The molecule has 0 radical (unpaired) electrons. The van der Waals surface area contributed by atoms with E-state index in [9.17, 15) is 18.4 Å². The maximum Gasteiger partial charge on any atom is 0.387 e. The highest BCUT2D eigenvalue weighted by Crippen LogP contribution is 2.29. The fraction of sp³-hybridized carbons (Fsp3) is 0.263. The first-order chi connectivity index (χ1) is 12.9. The van der Waals surface area contributed by atoms with Crippen LogP contribution < -0.4 is 14.8 Å². The van der Waals surface area contributed by atoms with Crippen molar-refractivity contribution in [3.8, 4) is 11.5 Å². The maximum atomic E-state index is 12.3. The molecule has 0 bridgehead atoms. The Balaban J connectivity index is 1.84. The lowest BCUT2D eigenvalue weighted by Gasteiger charge is -2.12. The maximum absolute atomic E-state index is 12.3. The molecule has 8 heteroatoms. The Hall–Kier alpha value is -3.16. The van der Waals surface area contributed by atoms with Crippen molar-refractivity contribution in [2.24, 2.45) is 0 Å². The van der Waals surface area contributed by atoms with Crippen molar-refractivity contribution < 1.29 is 32.6 Å². The number of methoxy groups -OCH3 is 1. The highest BCUT2D eigenvalue weighted by Gasteiger charge is 2.12. The Morgan fingerprint density at radius 2 is 1.78 bits per heavy atom. The normalized spacial score (nSPS) is 10.4. The Morgan fingerprint density at radius 1 is 1.07 bits per heavy atom. The zero-order valence-electron chi connectivity index (χ0n) is 14.8. The number of halogens is 2. The Labute approximate surface area is 155 Å². The van der Waals surface area contributed by atoms with E-state index in [0.29, 0.717) is 11.1 Å². The number of ether oxygens (including phenoxy) is 3. The summed E-state index contributed by atoms with van der Waals surface area (Å²) in [6, 6.07) is 11.1. The van der Waals surface area contributed by atoms with Crippen LogP contribution in [-0.4, -0.2) is 32.2 Å². The van der Waals surface area contributed by atoms with Crippen molar-refractivity contribution in [1.82, 2.24) is 5.32 Å². The summed E-state index contributed by atoms with van der Waals surface area (Å²) < 4.78 is 38.9. The van der Waals surface area contributed by atoms with E-state index in [4.69, 9.17) is 9.47 Å². The number of nitrogens with one attached hydrogen (secondary N) is 1. The Bertz CT molecular complexity index is 793. The van der Waals surface area contributed by atoms with Gasteiger partial charge >= 0.3 is 12.6 Å². The number of carbonyl (C=O) groups is 2. The molecular formula is C19H19F2NO5. The number of hydrogen-bond acceptors (Lipinski definition) is 5. The van der Waals surface area contributed by atoms with Crippen molar-refractivity contribution in [2.45, 2.75) is 20.1 Å². The lowest BCUT2D eigenvalue weighted by molar-refractivity contribution is -0.124. The van der Waals surface area contributed by atoms with Gasteiger partial charge in [0.2, 0.25) is 0 Å². The number of hydrogen-bond donors (Lipinski definition) is 1. The van der Waals surface area contributed by atoms with Crippen LogP contribution in [0.4, 0.5) is 8.78 Å². The second-order valence-corrected chi connectivity index (χ2v) is 5.58. The van der Waals surface area contributed by atoms with E-state index in [0.717, 1.165) is 5.56 Å². The molecule has 2 aromatic rings. The average Bonchev–Trinajstić information content (AvgIpc) is 2.65. The lowest BCUT2D eigenvalue weighted by atomic mass is 10.1. The molecule has 0 aliphatic carbocycles. The lowest BCUT2D eigenvalue weighted by Crippen LogP contribution is -2.28. The summed E-state index contributed by atoms with van der Waals surface area (Å²) >= 11 is 0. The second kappa shape index (κ2) is 9.51. The smallest absolute Gasteiger partial charge is 0.387 e. The van der Waals surface area contributed by atoms with E-state index in [1.165, 1.54) is 25.3 Å². The molecule has 0 unspecified atom stereocenters. The summed E-state index contributed by atoms with van der Waals surface area (Å²) in [5.41, 5.74) is 1.96. The summed E-state index contributed by atoms with van der Waals surface area (Å²) in [6.07, 6.45) is 0. The van der Waals surface area contributed by atoms with Crippen LogP contribution >= 0.6 is 0 Å². The quantitative estimate of drug-likeness (QED) is 0.714. The summed E-state index contributed by atoms with van der Waals surface area (Å²) in [5.74, 6) is -1.08. The molecule has 0 saturated carbocycles. The predicted molar refractivity (Wildman–Crippen MR) is 92.9 cm³/mol. The summed E-state index contributed by atoms with van der Waals surface area (Å²) in [7, 11) is 1.32. The van der Waals surface area contributed by atoms with Crippen LogP contribution in [0.5, 0.6) is 11.5 Å². The van der Waals surface area contributed by atoms with Crippen LogP contribution in [0.25, 0.3) is 0 Å². The Morgan fingerprint density at radius 3 is 2.41 bits per heavy atom. The number of rotatable bonds is 8. The fourth-order valence-corrected chi connectivity index (χ4v) is 2.17. The van der Waals surface area contributed by atoms with Crippen LogP contribution in [0.3, 0.4) is 0 Å². The predicted octanol–water partition coefficient (Wildman–Crippen LogP) is 3.08. The minimum absolute atomic E-state index is 0.102. The SMILES string of the molecule is COc1cc(CNC(=O)COC(=O)c2ccc(C)cc2)ccc1OC(F)F. The molecule has 0 aromatic heterocycles. The summed E-state index contributed by atoms with van der Waals surface area (Å²) in [5, 5.41) is 2.57. The van der Waals surface area contributed by atoms with Gasteiger partial charge in [-0.05, 0) is 36.8 Å². The third-order valence-electron chi connectivity index (χ3n) is 3.56. The van der Waals surface area contributed by atoms with Crippen LogP contribution in [-0.2, 0) is 16.1 Å². The summed E-state index contributed by atoms with van der Waals surface area (Å²) in [6.45, 7) is -1.40. The molecule has 0 spiro atoms. The van der Waals surface area contributed by atoms with E-state index in [-0.39, 0.29) is 18.0 Å². The van der Waals surface area contributed by atoms with Crippen LogP contribution in [0.2, 0.25) is 0 Å². The van der Waals surface area contributed by atoms with Crippen LogP contribution in [0.15, 0.2) is 42.5 Å². The molecule has 0 atom stereocenters. The molecule has 1 N–H and O–H groups in total. The highest BCUT2D eigenvalue weighted by molar-refractivity contribution is 5.91. The van der Waals surface area contributed by atoms with Gasteiger partial charge in [0, 0.05) is 6.54 Å². The van der Waals surface area contributed by atoms with Crippen LogP contribution in [0.1, 0.15) is 21.5 Å². The van der Waals surface area contributed by atoms with Crippen molar-refractivity contribution in [2.75, 3.05) is 13.7 Å². The van der Waals surface area contributed by atoms with E-state index in [2.05, 4.69) is 10.1 Å². The number of amides is 1. The van der Waals surface area contributed by atoms with Gasteiger partial charge in [0.1, 0.15) is 0 Å². The van der Waals surface area contributed by atoms with Gasteiger partial charge in [-0.25, -0.2) is 4.79 Å². The van der Waals surface area contributed by atoms with Gasteiger partial charge < -0.3 is 19.5 Å². The Kier molecular flexibility index (Phi) is 7.10. The topological polar surface area (TPSA) is 73.9 Å². The number of esters is 1. The minimum atomic E-state index is -2.97.